The van der Waals surface area contributed by atoms with E-state index in [1.54, 1.807) is 12.1 Å². The molecule has 0 aliphatic heterocycles. The Morgan fingerprint density at radius 3 is 2.58 bits per heavy atom. The van der Waals surface area contributed by atoms with Gasteiger partial charge in [0.05, 0.1) is 23.9 Å². The second-order valence-corrected chi connectivity index (χ2v) is 5.51. The zero-order valence-electron chi connectivity index (χ0n) is 13.6. The van der Waals surface area contributed by atoms with E-state index < -0.39 is 0 Å². The van der Waals surface area contributed by atoms with E-state index in [1.165, 1.54) is 0 Å². The van der Waals surface area contributed by atoms with Crippen LogP contribution in [0.2, 0.25) is 0 Å². The molecule has 0 bridgehead atoms. The molecule has 0 unspecified atom stereocenters. The maximum absolute atomic E-state index is 8.93. The van der Waals surface area contributed by atoms with Gasteiger partial charge in [-0.15, -0.1) is 0 Å². The van der Waals surface area contributed by atoms with Gasteiger partial charge in [-0.3, -0.25) is 4.98 Å². The SMILES string of the molecule is Cc1cccc(Cn2cc(C#Cc3cccc(C#N)c3)nc2C)n1. The van der Waals surface area contributed by atoms with Crippen LogP contribution in [0.4, 0.5) is 0 Å². The molecule has 4 heteroatoms. The van der Waals surface area contributed by atoms with Crippen LogP contribution >= 0.6 is 0 Å². The normalized spacial score (nSPS) is 9.88. The number of imidazole rings is 1. The predicted molar refractivity (Wildman–Crippen MR) is 92.2 cm³/mol. The Balaban J connectivity index is 1.82. The maximum Gasteiger partial charge on any atom is 0.131 e. The Bertz CT molecular complexity index is 981. The van der Waals surface area contributed by atoms with Crippen molar-refractivity contribution in [3.63, 3.8) is 0 Å². The van der Waals surface area contributed by atoms with E-state index in [9.17, 15) is 0 Å². The highest BCUT2D eigenvalue weighted by Gasteiger charge is 2.04. The van der Waals surface area contributed by atoms with E-state index in [1.807, 2.05) is 54.9 Å². The van der Waals surface area contributed by atoms with Crippen LogP contribution in [0.15, 0.2) is 48.7 Å². The third-order valence-corrected chi connectivity index (χ3v) is 3.58. The van der Waals surface area contributed by atoms with Gasteiger partial charge in [0, 0.05) is 17.5 Å². The Labute approximate surface area is 141 Å². The number of aromatic nitrogens is 3. The van der Waals surface area contributed by atoms with E-state index in [4.69, 9.17) is 5.26 Å². The van der Waals surface area contributed by atoms with Crippen molar-refractivity contribution in [2.24, 2.45) is 0 Å². The van der Waals surface area contributed by atoms with Crippen molar-refractivity contribution in [2.75, 3.05) is 0 Å². The molecule has 0 N–H and O–H groups in total. The molecule has 0 spiro atoms. The molecule has 0 aliphatic carbocycles. The molecule has 0 saturated carbocycles. The van der Waals surface area contributed by atoms with Gasteiger partial charge in [-0.05, 0) is 50.1 Å². The topological polar surface area (TPSA) is 54.5 Å². The van der Waals surface area contributed by atoms with E-state index >= 15 is 0 Å². The van der Waals surface area contributed by atoms with Crippen LogP contribution in [0.3, 0.4) is 0 Å². The smallest absolute Gasteiger partial charge is 0.131 e. The molecular formula is C20H16N4. The standard InChI is InChI=1S/C20H16N4/c1-15-5-3-8-19(22-15)13-24-14-20(23-16(24)2)10-9-17-6-4-7-18(11-17)12-21/h3-8,11,14H,13H2,1-2H3. The number of hydrogen-bond acceptors (Lipinski definition) is 3. The Morgan fingerprint density at radius 2 is 1.79 bits per heavy atom. The first-order valence-corrected chi connectivity index (χ1v) is 7.62. The maximum atomic E-state index is 8.93. The molecule has 24 heavy (non-hydrogen) atoms. The van der Waals surface area contributed by atoms with Crippen LogP contribution < -0.4 is 0 Å². The summed E-state index contributed by atoms with van der Waals surface area (Å²) in [7, 11) is 0. The summed E-state index contributed by atoms with van der Waals surface area (Å²) >= 11 is 0. The van der Waals surface area contributed by atoms with Crippen LogP contribution in [0, 0.1) is 37.0 Å². The van der Waals surface area contributed by atoms with Gasteiger partial charge >= 0.3 is 0 Å². The minimum atomic E-state index is 0.606. The monoisotopic (exact) mass is 312 g/mol. The molecule has 2 aromatic heterocycles. The quantitative estimate of drug-likeness (QED) is 0.683. The van der Waals surface area contributed by atoms with Crippen molar-refractivity contribution in [3.8, 4) is 17.9 Å². The molecule has 0 atom stereocenters. The van der Waals surface area contributed by atoms with Crippen LogP contribution in [0.5, 0.6) is 0 Å². The zero-order valence-corrected chi connectivity index (χ0v) is 13.6. The number of aryl methyl sites for hydroxylation is 2. The molecular weight excluding hydrogens is 296 g/mol. The van der Waals surface area contributed by atoms with Crippen molar-refractivity contribution in [1.82, 2.24) is 14.5 Å². The van der Waals surface area contributed by atoms with Gasteiger partial charge in [-0.25, -0.2) is 4.98 Å². The number of nitriles is 1. The number of benzene rings is 1. The van der Waals surface area contributed by atoms with E-state index in [-0.39, 0.29) is 0 Å². The summed E-state index contributed by atoms with van der Waals surface area (Å²) in [6, 6.07) is 15.4. The van der Waals surface area contributed by atoms with Crippen molar-refractivity contribution in [3.05, 3.63) is 82.7 Å². The third kappa shape index (κ3) is 3.69. The molecule has 0 saturated heterocycles. The molecule has 0 fully saturated rings. The summed E-state index contributed by atoms with van der Waals surface area (Å²) in [4.78, 5) is 9.00. The van der Waals surface area contributed by atoms with Gasteiger partial charge < -0.3 is 4.57 Å². The third-order valence-electron chi connectivity index (χ3n) is 3.58. The zero-order chi connectivity index (χ0) is 16.9. The van der Waals surface area contributed by atoms with Gasteiger partial charge in [-0.2, -0.15) is 5.26 Å². The van der Waals surface area contributed by atoms with Gasteiger partial charge in [-0.1, -0.05) is 18.1 Å². The fourth-order valence-electron chi connectivity index (χ4n) is 2.39. The second kappa shape index (κ2) is 6.81. The molecule has 0 radical (unpaired) electrons. The van der Waals surface area contributed by atoms with E-state index in [2.05, 4.69) is 27.9 Å². The highest BCUT2D eigenvalue weighted by Crippen LogP contribution is 2.07. The first-order valence-electron chi connectivity index (χ1n) is 7.62. The van der Waals surface area contributed by atoms with Crippen LogP contribution in [0.25, 0.3) is 0 Å². The minimum absolute atomic E-state index is 0.606. The summed E-state index contributed by atoms with van der Waals surface area (Å²) in [5.41, 5.74) is 4.12. The lowest BCUT2D eigenvalue weighted by atomic mass is 10.1. The fourth-order valence-corrected chi connectivity index (χ4v) is 2.39. The van der Waals surface area contributed by atoms with Crippen molar-refractivity contribution in [2.45, 2.75) is 20.4 Å². The van der Waals surface area contributed by atoms with E-state index in [0.29, 0.717) is 17.8 Å². The predicted octanol–water partition coefficient (Wildman–Crippen LogP) is 3.21. The molecule has 2 heterocycles. The number of nitrogens with zero attached hydrogens (tertiary/aromatic N) is 4. The average molecular weight is 312 g/mol. The summed E-state index contributed by atoms with van der Waals surface area (Å²) in [5.74, 6) is 7.01. The molecule has 0 aliphatic rings. The minimum Gasteiger partial charge on any atom is -0.328 e. The number of rotatable bonds is 2. The van der Waals surface area contributed by atoms with Crippen LogP contribution in [-0.2, 0) is 6.54 Å². The summed E-state index contributed by atoms with van der Waals surface area (Å²) < 4.78 is 2.04. The van der Waals surface area contributed by atoms with Crippen molar-refractivity contribution in [1.29, 1.82) is 5.26 Å². The van der Waals surface area contributed by atoms with E-state index in [0.717, 1.165) is 22.8 Å². The average Bonchev–Trinajstić information content (AvgIpc) is 2.93. The summed E-state index contributed by atoms with van der Waals surface area (Å²) in [6.07, 6.45) is 1.93. The van der Waals surface area contributed by atoms with Crippen LogP contribution in [-0.4, -0.2) is 14.5 Å². The Hall–Kier alpha value is -3.37. The Morgan fingerprint density at radius 1 is 1.00 bits per heavy atom. The molecule has 116 valence electrons. The molecule has 1 aromatic carbocycles. The van der Waals surface area contributed by atoms with Crippen LogP contribution in [0.1, 0.15) is 34.0 Å². The van der Waals surface area contributed by atoms with Gasteiger partial charge in [0.1, 0.15) is 11.5 Å². The lowest BCUT2D eigenvalue weighted by molar-refractivity contribution is 0.739. The molecule has 3 rings (SSSR count). The van der Waals surface area contributed by atoms with Crippen molar-refractivity contribution >= 4 is 0 Å². The van der Waals surface area contributed by atoms with Gasteiger partial charge in [0.25, 0.3) is 0 Å². The Kier molecular flexibility index (Phi) is 4.40. The molecule has 0 amide bonds. The number of pyridine rings is 1. The summed E-state index contributed by atoms with van der Waals surface area (Å²) in [5, 5.41) is 8.93. The molecule has 4 nitrogen and oxygen atoms in total. The largest absolute Gasteiger partial charge is 0.328 e. The lowest BCUT2D eigenvalue weighted by Crippen LogP contribution is -2.03. The van der Waals surface area contributed by atoms with Gasteiger partial charge in [0.2, 0.25) is 0 Å². The fraction of sp³-hybridized carbons (Fsp3) is 0.150. The highest BCUT2D eigenvalue weighted by atomic mass is 15.1. The first kappa shape index (κ1) is 15.5. The second-order valence-electron chi connectivity index (χ2n) is 5.51. The van der Waals surface area contributed by atoms with Gasteiger partial charge in [0.15, 0.2) is 0 Å². The lowest BCUT2D eigenvalue weighted by Gasteiger charge is -2.04. The van der Waals surface area contributed by atoms with Crippen molar-refractivity contribution < 1.29 is 0 Å². The number of hydrogen-bond donors (Lipinski definition) is 0. The highest BCUT2D eigenvalue weighted by molar-refractivity contribution is 5.44. The first-order chi connectivity index (χ1) is 11.6. The summed E-state index contributed by atoms with van der Waals surface area (Å²) in [6.45, 7) is 4.61. The molecule has 3 aromatic rings.